The highest BCUT2D eigenvalue weighted by atomic mass is 16.1. The molecule has 0 spiro atoms. The van der Waals surface area contributed by atoms with Crippen molar-refractivity contribution in [1.82, 2.24) is 10.2 Å². The zero-order valence-corrected chi connectivity index (χ0v) is 8.70. The van der Waals surface area contributed by atoms with E-state index >= 15 is 0 Å². The van der Waals surface area contributed by atoms with E-state index in [1.54, 1.807) is 0 Å². The standard InChI is InChI=1S/C10H19N3O/c1-2-9(10(11)14)13-5-7-3-4-12-8(7)6-13/h7-9,12H,2-6H2,1H3,(H2,11,14)/t7-,8+,9?/m0/s1. The summed E-state index contributed by atoms with van der Waals surface area (Å²) in [6, 6.07) is 0.547. The fourth-order valence-electron chi connectivity index (χ4n) is 2.78. The Morgan fingerprint density at radius 2 is 2.43 bits per heavy atom. The van der Waals surface area contributed by atoms with Crippen molar-refractivity contribution in [2.24, 2.45) is 11.7 Å². The van der Waals surface area contributed by atoms with Gasteiger partial charge in [0.2, 0.25) is 5.91 Å². The molecule has 80 valence electrons. The maximum Gasteiger partial charge on any atom is 0.234 e. The Hall–Kier alpha value is -0.610. The minimum Gasteiger partial charge on any atom is -0.368 e. The van der Waals surface area contributed by atoms with Gasteiger partial charge in [-0.1, -0.05) is 6.92 Å². The minimum atomic E-state index is -0.174. The van der Waals surface area contributed by atoms with Gasteiger partial charge in [-0.2, -0.15) is 0 Å². The second-order valence-corrected chi connectivity index (χ2v) is 4.39. The number of primary amides is 1. The van der Waals surface area contributed by atoms with E-state index in [2.05, 4.69) is 10.2 Å². The topological polar surface area (TPSA) is 58.4 Å². The lowest BCUT2D eigenvalue weighted by Gasteiger charge is -2.24. The molecule has 0 aromatic rings. The summed E-state index contributed by atoms with van der Waals surface area (Å²) in [6.07, 6.45) is 2.07. The molecule has 3 atom stereocenters. The van der Waals surface area contributed by atoms with Crippen molar-refractivity contribution in [2.45, 2.75) is 31.8 Å². The second kappa shape index (κ2) is 3.87. The van der Waals surface area contributed by atoms with Crippen LogP contribution >= 0.6 is 0 Å². The van der Waals surface area contributed by atoms with Crippen molar-refractivity contribution in [3.05, 3.63) is 0 Å². The number of fused-ring (bicyclic) bond motifs is 1. The molecule has 2 aliphatic heterocycles. The van der Waals surface area contributed by atoms with Crippen LogP contribution in [0.5, 0.6) is 0 Å². The van der Waals surface area contributed by atoms with Crippen molar-refractivity contribution in [3.8, 4) is 0 Å². The van der Waals surface area contributed by atoms with Gasteiger partial charge in [-0.15, -0.1) is 0 Å². The summed E-state index contributed by atoms with van der Waals surface area (Å²) in [6.45, 7) is 5.19. The second-order valence-electron chi connectivity index (χ2n) is 4.39. The molecule has 14 heavy (non-hydrogen) atoms. The molecule has 3 N–H and O–H groups in total. The predicted octanol–water partition coefficient (Wildman–Crippen LogP) is -0.456. The normalized spacial score (nSPS) is 34.4. The lowest BCUT2D eigenvalue weighted by Crippen LogP contribution is -2.44. The van der Waals surface area contributed by atoms with Gasteiger partial charge in [0.25, 0.3) is 0 Å². The van der Waals surface area contributed by atoms with Crippen molar-refractivity contribution in [2.75, 3.05) is 19.6 Å². The van der Waals surface area contributed by atoms with E-state index in [1.165, 1.54) is 6.42 Å². The Balaban J connectivity index is 1.97. The van der Waals surface area contributed by atoms with Gasteiger partial charge in [-0.3, -0.25) is 9.69 Å². The lowest BCUT2D eigenvalue weighted by atomic mass is 10.1. The van der Waals surface area contributed by atoms with Crippen LogP contribution < -0.4 is 11.1 Å². The van der Waals surface area contributed by atoms with Crippen molar-refractivity contribution in [1.29, 1.82) is 0 Å². The van der Waals surface area contributed by atoms with Gasteiger partial charge in [0.15, 0.2) is 0 Å². The van der Waals surface area contributed by atoms with Crippen LogP contribution in [-0.4, -0.2) is 42.5 Å². The largest absolute Gasteiger partial charge is 0.368 e. The lowest BCUT2D eigenvalue weighted by molar-refractivity contribution is -0.123. The fraction of sp³-hybridized carbons (Fsp3) is 0.900. The summed E-state index contributed by atoms with van der Waals surface area (Å²) < 4.78 is 0. The zero-order valence-electron chi connectivity index (χ0n) is 8.70. The van der Waals surface area contributed by atoms with E-state index in [4.69, 9.17) is 5.73 Å². The number of likely N-dealkylation sites (tertiary alicyclic amines) is 1. The maximum atomic E-state index is 11.2. The molecule has 0 saturated carbocycles. The van der Waals surface area contributed by atoms with E-state index in [0.29, 0.717) is 6.04 Å². The molecule has 1 amide bonds. The van der Waals surface area contributed by atoms with Gasteiger partial charge in [0.1, 0.15) is 0 Å². The van der Waals surface area contributed by atoms with Gasteiger partial charge in [-0.05, 0) is 25.3 Å². The van der Waals surface area contributed by atoms with Crippen molar-refractivity contribution in [3.63, 3.8) is 0 Å². The van der Waals surface area contributed by atoms with E-state index < -0.39 is 0 Å². The molecule has 0 radical (unpaired) electrons. The third-order valence-electron chi connectivity index (χ3n) is 3.55. The van der Waals surface area contributed by atoms with Gasteiger partial charge < -0.3 is 11.1 Å². The van der Waals surface area contributed by atoms with Gasteiger partial charge in [0.05, 0.1) is 6.04 Å². The van der Waals surface area contributed by atoms with Crippen LogP contribution in [-0.2, 0) is 4.79 Å². The van der Waals surface area contributed by atoms with Crippen LogP contribution in [0.1, 0.15) is 19.8 Å². The molecule has 0 aromatic heterocycles. The Bertz CT molecular complexity index is 219. The maximum absolute atomic E-state index is 11.2. The Morgan fingerprint density at radius 3 is 3.00 bits per heavy atom. The number of amides is 1. The molecule has 1 unspecified atom stereocenters. The number of nitrogens with one attached hydrogen (secondary N) is 1. The van der Waals surface area contributed by atoms with Gasteiger partial charge in [0, 0.05) is 19.1 Å². The predicted molar refractivity (Wildman–Crippen MR) is 54.7 cm³/mol. The van der Waals surface area contributed by atoms with Crippen LogP contribution in [0.4, 0.5) is 0 Å². The summed E-state index contributed by atoms with van der Waals surface area (Å²) in [5.41, 5.74) is 5.38. The molecule has 2 rings (SSSR count). The number of carbonyl (C=O) groups excluding carboxylic acids is 1. The first kappa shape index (κ1) is 9.93. The summed E-state index contributed by atoms with van der Waals surface area (Å²) in [5.74, 6) is 0.566. The molecular formula is C10H19N3O. The number of nitrogens with two attached hydrogens (primary N) is 1. The number of carbonyl (C=O) groups is 1. The average Bonchev–Trinajstić information content (AvgIpc) is 2.63. The Labute approximate surface area is 84.8 Å². The SMILES string of the molecule is CCC(C(N)=O)N1C[C@@H]2CCN[C@@H]2C1. The van der Waals surface area contributed by atoms with Gasteiger partial charge in [-0.25, -0.2) is 0 Å². The smallest absolute Gasteiger partial charge is 0.234 e. The molecule has 4 heteroatoms. The highest BCUT2D eigenvalue weighted by molar-refractivity contribution is 5.79. The first-order valence-electron chi connectivity index (χ1n) is 5.49. The molecule has 0 bridgehead atoms. The highest BCUT2D eigenvalue weighted by Gasteiger charge is 2.39. The number of hydrogen-bond donors (Lipinski definition) is 2. The summed E-state index contributed by atoms with van der Waals surface area (Å²) in [7, 11) is 0. The number of rotatable bonds is 3. The molecule has 0 aromatic carbocycles. The Morgan fingerprint density at radius 1 is 1.64 bits per heavy atom. The zero-order chi connectivity index (χ0) is 10.1. The third kappa shape index (κ3) is 1.64. The van der Waals surface area contributed by atoms with Gasteiger partial charge >= 0.3 is 0 Å². The first-order chi connectivity index (χ1) is 6.72. The van der Waals surface area contributed by atoms with E-state index in [0.717, 1.165) is 32.0 Å². The quantitative estimate of drug-likeness (QED) is 0.644. The van der Waals surface area contributed by atoms with Crippen LogP contribution in [0.2, 0.25) is 0 Å². The fourth-order valence-corrected chi connectivity index (χ4v) is 2.78. The monoisotopic (exact) mass is 197 g/mol. The molecule has 4 nitrogen and oxygen atoms in total. The van der Waals surface area contributed by atoms with E-state index in [1.807, 2.05) is 6.92 Å². The highest BCUT2D eigenvalue weighted by Crippen LogP contribution is 2.26. The summed E-state index contributed by atoms with van der Waals surface area (Å²) >= 11 is 0. The molecule has 2 aliphatic rings. The molecule has 0 aliphatic carbocycles. The Kier molecular flexibility index (Phi) is 2.74. The van der Waals surface area contributed by atoms with Crippen LogP contribution in [0.15, 0.2) is 0 Å². The summed E-state index contributed by atoms with van der Waals surface area (Å²) in [5, 5.41) is 3.47. The summed E-state index contributed by atoms with van der Waals surface area (Å²) in [4.78, 5) is 13.4. The van der Waals surface area contributed by atoms with Crippen LogP contribution in [0.25, 0.3) is 0 Å². The molecule has 2 saturated heterocycles. The average molecular weight is 197 g/mol. The van der Waals surface area contributed by atoms with E-state index in [-0.39, 0.29) is 11.9 Å². The van der Waals surface area contributed by atoms with Crippen molar-refractivity contribution >= 4 is 5.91 Å². The molecular weight excluding hydrogens is 178 g/mol. The van der Waals surface area contributed by atoms with Crippen LogP contribution in [0.3, 0.4) is 0 Å². The first-order valence-corrected chi connectivity index (χ1v) is 5.49. The minimum absolute atomic E-state index is 0.0533. The van der Waals surface area contributed by atoms with Crippen LogP contribution in [0, 0.1) is 5.92 Å². The third-order valence-corrected chi connectivity index (χ3v) is 3.55. The van der Waals surface area contributed by atoms with E-state index in [9.17, 15) is 4.79 Å². The molecule has 2 fully saturated rings. The number of nitrogens with zero attached hydrogens (tertiary/aromatic N) is 1. The van der Waals surface area contributed by atoms with Crippen molar-refractivity contribution < 1.29 is 4.79 Å². The molecule has 2 heterocycles. The number of hydrogen-bond acceptors (Lipinski definition) is 3.